The highest BCUT2D eigenvalue weighted by Crippen LogP contribution is 2.16. The van der Waals surface area contributed by atoms with Crippen molar-refractivity contribution in [1.29, 1.82) is 0 Å². The lowest BCUT2D eigenvalue weighted by Crippen LogP contribution is -1.56. The fraction of sp³-hybridized carbons (Fsp3) is 0.500. The minimum atomic E-state index is -2.05. The largest absolute Gasteiger partial charge is 0.538 e. The van der Waals surface area contributed by atoms with E-state index in [2.05, 4.69) is 0 Å². The zero-order valence-electron chi connectivity index (χ0n) is 4.38. The molecule has 40 valence electrons. The van der Waals surface area contributed by atoms with Gasteiger partial charge in [0.05, 0.1) is 0 Å². The van der Waals surface area contributed by atoms with Crippen molar-refractivity contribution >= 4 is 8.03 Å². The van der Waals surface area contributed by atoms with E-state index in [1.165, 1.54) is 5.82 Å². The Morgan fingerprint density at radius 3 is 2.14 bits per heavy atom. The molecule has 2 nitrogen and oxygen atoms in total. The Morgan fingerprint density at radius 1 is 1.71 bits per heavy atom. The molecule has 0 aromatic carbocycles. The Kier molecular flexibility index (Phi) is 2.81. The SMILES string of the molecule is CC(C)=C[P+](=O)O. The Hall–Kier alpha value is -0.200. The van der Waals surface area contributed by atoms with E-state index in [0.29, 0.717) is 0 Å². The van der Waals surface area contributed by atoms with E-state index < -0.39 is 8.03 Å². The van der Waals surface area contributed by atoms with Crippen molar-refractivity contribution in [2.24, 2.45) is 0 Å². The summed E-state index contributed by atoms with van der Waals surface area (Å²) >= 11 is 0. The monoisotopic (exact) mass is 119 g/mol. The summed E-state index contributed by atoms with van der Waals surface area (Å²) in [7, 11) is -2.05. The fourth-order valence-corrected chi connectivity index (χ4v) is 0.663. The van der Waals surface area contributed by atoms with Crippen molar-refractivity contribution < 1.29 is 9.46 Å². The lowest BCUT2D eigenvalue weighted by Gasteiger charge is -1.69. The highest BCUT2D eigenvalue weighted by atomic mass is 31.1. The smallest absolute Gasteiger partial charge is 0.157 e. The van der Waals surface area contributed by atoms with Crippen molar-refractivity contribution in [3.05, 3.63) is 11.4 Å². The average Bonchev–Trinajstić information content (AvgIpc) is 1.27. The first-order valence-corrected chi connectivity index (χ1v) is 3.21. The van der Waals surface area contributed by atoms with Gasteiger partial charge in [0, 0.05) is 0 Å². The summed E-state index contributed by atoms with van der Waals surface area (Å²) in [6.07, 6.45) is 0. The summed E-state index contributed by atoms with van der Waals surface area (Å²) in [5, 5.41) is 0. The predicted octanol–water partition coefficient (Wildman–Crippen LogP) is 1.64. The maximum atomic E-state index is 9.88. The van der Waals surface area contributed by atoms with Gasteiger partial charge in [-0.3, -0.25) is 0 Å². The van der Waals surface area contributed by atoms with Gasteiger partial charge < -0.3 is 0 Å². The van der Waals surface area contributed by atoms with Gasteiger partial charge in [0.15, 0.2) is 5.82 Å². The van der Waals surface area contributed by atoms with Crippen molar-refractivity contribution in [2.75, 3.05) is 0 Å². The molecular formula is C4H8O2P+. The van der Waals surface area contributed by atoms with Crippen molar-refractivity contribution in [1.82, 2.24) is 0 Å². The highest BCUT2D eigenvalue weighted by molar-refractivity contribution is 7.41. The molecule has 0 aromatic heterocycles. The standard InChI is InChI=1S/C4H7O2P/c1-4(2)3-7(5)6/h3H,1-2H3/p+1. The zero-order chi connectivity index (χ0) is 5.86. The molecule has 0 saturated heterocycles. The predicted molar refractivity (Wildman–Crippen MR) is 29.3 cm³/mol. The minimum absolute atomic E-state index is 0.878. The summed E-state index contributed by atoms with van der Waals surface area (Å²) in [6.45, 7) is 3.56. The first-order chi connectivity index (χ1) is 3.13. The van der Waals surface area contributed by atoms with Gasteiger partial charge in [0.1, 0.15) is 0 Å². The molecule has 0 aliphatic rings. The average molecular weight is 119 g/mol. The maximum absolute atomic E-state index is 9.88. The van der Waals surface area contributed by atoms with E-state index in [0.717, 1.165) is 5.57 Å². The first-order valence-electron chi connectivity index (χ1n) is 1.93. The Balaban J connectivity index is 3.68. The van der Waals surface area contributed by atoms with Crippen LogP contribution in [0.15, 0.2) is 11.4 Å². The Bertz CT molecular complexity index is 102. The van der Waals surface area contributed by atoms with Crippen LogP contribution in [-0.4, -0.2) is 4.89 Å². The van der Waals surface area contributed by atoms with Crippen LogP contribution in [0.4, 0.5) is 0 Å². The van der Waals surface area contributed by atoms with Crippen LogP contribution in [-0.2, 0) is 4.57 Å². The number of hydrogen-bond donors (Lipinski definition) is 1. The molecule has 0 saturated carbocycles. The molecule has 0 bridgehead atoms. The van der Waals surface area contributed by atoms with E-state index in [1.54, 1.807) is 13.8 Å². The summed E-state index contributed by atoms with van der Waals surface area (Å²) in [6, 6.07) is 0. The normalized spacial score (nSPS) is 10.4. The van der Waals surface area contributed by atoms with Crippen LogP contribution in [0.2, 0.25) is 0 Å². The second-order valence-electron chi connectivity index (χ2n) is 1.51. The fourth-order valence-electron chi connectivity index (χ4n) is 0.221. The third-order valence-electron chi connectivity index (χ3n) is 0.369. The van der Waals surface area contributed by atoms with Crippen LogP contribution in [0.3, 0.4) is 0 Å². The van der Waals surface area contributed by atoms with Gasteiger partial charge in [-0.25, -0.2) is 0 Å². The van der Waals surface area contributed by atoms with Crippen LogP contribution in [0, 0.1) is 0 Å². The van der Waals surface area contributed by atoms with E-state index >= 15 is 0 Å². The summed E-state index contributed by atoms with van der Waals surface area (Å²) in [5.41, 5.74) is 0.878. The van der Waals surface area contributed by atoms with Crippen LogP contribution in [0.5, 0.6) is 0 Å². The van der Waals surface area contributed by atoms with E-state index in [4.69, 9.17) is 4.89 Å². The number of hydrogen-bond acceptors (Lipinski definition) is 1. The molecule has 0 aliphatic heterocycles. The van der Waals surface area contributed by atoms with Crippen LogP contribution >= 0.6 is 8.03 Å². The molecule has 3 heteroatoms. The highest BCUT2D eigenvalue weighted by Gasteiger charge is 2.00. The van der Waals surface area contributed by atoms with Gasteiger partial charge in [-0.1, -0.05) is 0 Å². The molecule has 7 heavy (non-hydrogen) atoms. The zero-order valence-corrected chi connectivity index (χ0v) is 5.27. The summed E-state index contributed by atoms with van der Waals surface area (Å²) < 4.78 is 9.88. The molecule has 0 radical (unpaired) electrons. The van der Waals surface area contributed by atoms with Crippen molar-refractivity contribution in [3.63, 3.8) is 0 Å². The minimum Gasteiger partial charge on any atom is -0.157 e. The van der Waals surface area contributed by atoms with Gasteiger partial charge in [-0.05, 0) is 24.0 Å². The Labute approximate surface area is 43.7 Å². The molecule has 0 aliphatic carbocycles. The van der Waals surface area contributed by atoms with E-state index in [-0.39, 0.29) is 0 Å². The van der Waals surface area contributed by atoms with Gasteiger partial charge in [-0.15, -0.1) is 0 Å². The third-order valence-corrected chi connectivity index (χ3v) is 1.11. The number of allylic oxidation sites excluding steroid dienone is 1. The Morgan fingerprint density at radius 2 is 2.14 bits per heavy atom. The second-order valence-corrected chi connectivity index (χ2v) is 2.37. The van der Waals surface area contributed by atoms with E-state index in [1.807, 2.05) is 0 Å². The second kappa shape index (κ2) is 2.89. The molecule has 0 fully saturated rings. The molecule has 1 N–H and O–H groups in total. The lowest BCUT2D eigenvalue weighted by molar-refractivity contribution is 0.512. The van der Waals surface area contributed by atoms with Crippen LogP contribution in [0.25, 0.3) is 0 Å². The van der Waals surface area contributed by atoms with Gasteiger partial charge >= 0.3 is 8.03 Å². The van der Waals surface area contributed by atoms with Gasteiger partial charge in [0.2, 0.25) is 0 Å². The molecule has 0 amide bonds. The summed E-state index contributed by atoms with van der Waals surface area (Å²) in [4.78, 5) is 8.16. The molecule has 1 atom stereocenters. The van der Waals surface area contributed by atoms with Crippen LogP contribution in [0.1, 0.15) is 13.8 Å². The van der Waals surface area contributed by atoms with Crippen molar-refractivity contribution in [3.8, 4) is 0 Å². The van der Waals surface area contributed by atoms with Gasteiger partial charge in [0.25, 0.3) is 0 Å². The first kappa shape index (κ1) is 6.80. The van der Waals surface area contributed by atoms with Crippen LogP contribution < -0.4 is 0 Å². The molecule has 0 aromatic rings. The summed E-state index contributed by atoms with van der Waals surface area (Å²) in [5.74, 6) is 1.31. The molecular weight excluding hydrogens is 111 g/mol. The lowest BCUT2D eigenvalue weighted by atomic mass is 10.4. The maximum Gasteiger partial charge on any atom is 0.538 e. The molecule has 0 spiro atoms. The van der Waals surface area contributed by atoms with E-state index in [9.17, 15) is 4.57 Å². The van der Waals surface area contributed by atoms with Crippen molar-refractivity contribution in [2.45, 2.75) is 13.8 Å². The quantitative estimate of drug-likeness (QED) is 0.533. The molecule has 0 rings (SSSR count). The topological polar surface area (TPSA) is 37.3 Å². The number of rotatable bonds is 1. The third kappa shape index (κ3) is 5.80. The molecule has 0 heterocycles. The van der Waals surface area contributed by atoms with Gasteiger partial charge in [-0.2, -0.15) is 4.89 Å². The molecule has 1 unspecified atom stereocenters.